The summed E-state index contributed by atoms with van der Waals surface area (Å²) in [7, 11) is 9.95. The molecule has 0 aromatic rings. The van der Waals surface area contributed by atoms with E-state index in [2.05, 4.69) is 13.8 Å². The molecule has 0 atom stereocenters. The van der Waals surface area contributed by atoms with Crippen LogP contribution < -0.4 is 0 Å². The first kappa shape index (κ1) is 14.9. The fourth-order valence-electron chi connectivity index (χ4n) is 0.780. The van der Waals surface area contributed by atoms with Gasteiger partial charge in [-0.05, 0) is 0 Å². The molecule has 3 heteroatoms. The van der Waals surface area contributed by atoms with Gasteiger partial charge in [-0.3, -0.25) is 0 Å². The SMILES string of the molecule is [CH2]CCCCCCC.[Cl][InH][Cl]. The van der Waals surface area contributed by atoms with E-state index in [1.807, 2.05) is 0 Å². The van der Waals surface area contributed by atoms with Gasteiger partial charge in [-0.25, -0.2) is 0 Å². The molecule has 0 saturated carbocycles. The summed E-state index contributed by atoms with van der Waals surface area (Å²) >= 11 is -1.07. The molecule has 0 rings (SSSR count). The number of unbranched alkanes of at least 4 members (excludes halogenated alkanes) is 5. The third kappa shape index (κ3) is 24.6. The summed E-state index contributed by atoms with van der Waals surface area (Å²) in [5, 5.41) is 0. The van der Waals surface area contributed by atoms with Crippen LogP contribution in [0.5, 0.6) is 0 Å². The van der Waals surface area contributed by atoms with Gasteiger partial charge in [0.1, 0.15) is 0 Å². The molecule has 0 aliphatic carbocycles. The molecule has 1 radical (unpaired) electrons. The van der Waals surface area contributed by atoms with E-state index in [0.717, 1.165) is 6.42 Å². The van der Waals surface area contributed by atoms with Crippen molar-refractivity contribution in [3.63, 3.8) is 0 Å². The molecule has 0 nitrogen and oxygen atoms in total. The molecule has 11 heavy (non-hydrogen) atoms. The zero-order valence-electron chi connectivity index (χ0n) is 7.41. The van der Waals surface area contributed by atoms with Crippen LogP contribution >= 0.6 is 17.2 Å². The molecule has 0 aromatic heterocycles. The van der Waals surface area contributed by atoms with Gasteiger partial charge in [0.2, 0.25) is 0 Å². The molecule has 67 valence electrons. The molecule has 0 aliphatic heterocycles. The van der Waals surface area contributed by atoms with Crippen molar-refractivity contribution < 1.29 is 0 Å². The second-order valence-corrected chi connectivity index (χ2v) is 8.37. The number of rotatable bonds is 5. The summed E-state index contributed by atoms with van der Waals surface area (Å²) in [5.74, 6) is 0. The van der Waals surface area contributed by atoms with Gasteiger partial charge in [0, 0.05) is 0 Å². The van der Waals surface area contributed by atoms with Crippen LogP contribution in [-0.2, 0) is 0 Å². The predicted molar refractivity (Wildman–Crippen MR) is 57.6 cm³/mol. The van der Waals surface area contributed by atoms with Gasteiger partial charge < -0.3 is 0 Å². The fourth-order valence-corrected chi connectivity index (χ4v) is 0.780. The summed E-state index contributed by atoms with van der Waals surface area (Å²) in [5.41, 5.74) is 0. The Balaban J connectivity index is 0. The van der Waals surface area contributed by atoms with Crippen molar-refractivity contribution in [2.24, 2.45) is 0 Å². The number of hydrogen-bond donors (Lipinski definition) is 0. The summed E-state index contributed by atoms with van der Waals surface area (Å²) in [6, 6.07) is 0. The van der Waals surface area contributed by atoms with Crippen LogP contribution in [0.15, 0.2) is 0 Å². The fraction of sp³-hybridized carbons (Fsp3) is 0.875. The molecule has 0 heterocycles. The molecule has 0 bridgehead atoms. The van der Waals surface area contributed by atoms with E-state index in [0.29, 0.717) is 0 Å². The third-order valence-electron chi connectivity index (χ3n) is 1.35. The molecule has 0 unspecified atom stereocenters. The van der Waals surface area contributed by atoms with Crippen LogP contribution in [-0.4, -0.2) is 20.5 Å². The van der Waals surface area contributed by atoms with Crippen molar-refractivity contribution in [2.45, 2.75) is 45.4 Å². The summed E-state index contributed by atoms with van der Waals surface area (Å²) < 4.78 is 0. The normalized spacial score (nSPS) is 8.36. The topological polar surface area (TPSA) is 0 Å². The molecule has 0 aromatic carbocycles. The van der Waals surface area contributed by atoms with Crippen LogP contribution in [0.4, 0.5) is 0 Å². The van der Waals surface area contributed by atoms with E-state index in [1.54, 1.807) is 0 Å². The second kappa shape index (κ2) is 17.5. The molecule has 0 saturated heterocycles. The van der Waals surface area contributed by atoms with Crippen molar-refractivity contribution in [3.05, 3.63) is 6.92 Å². The first-order chi connectivity index (χ1) is 5.33. The Kier molecular flexibility index (Phi) is 23.8. The average Bonchev–Trinajstić information content (AvgIpc) is 2.00. The predicted octanol–water partition coefficient (Wildman–Crippen LogP) is 3.91. The molecule has 0 N–H and O–H groups in total. The Morgan fingerprint density at radius 1 is 1.09 bits per heavy atom. The van der Waals surface area contributed by atoms with Gasteiger partial charge in [0.25, 0.3) is 0 Å². The van der Waals surface area contributed by atoms with E-state index >= 15 is 0 Å². The van der Waals surface area contributed by atoms with E-state index < -0.39 is 20.5 Å². The Hall–Kier alpha value is 1.45. The molecular weight excluding hydrogens is 282 g/mol. The van der Waals surface area contributed by atoms with Crippen LogP contribution in [0.3, 0.4) is 0 Å². The van der Waals surface area contributed by atoms with Gasteiger partial charge in [-0.1, -0.05) is 52.4 Å². The summed E-state index contributed by atoms with van der Waals surface area (Å²) in [6.07, 6.45) is 7.98. The maximum absolute atomic E-state index is 4.97. The molecule has 0 aliphatic rings. The molecular formula is C8H18Cl2In. The van der Waals surface area contributed by atoms with Crippen LogP contribution in [0.25, 0.3) is 0 Å². The quantitative estimate of drug-likeness (QED) is 0.675. The van der Waals surface area contributed by atoms with Crippen LogP contribution in [0, 0.1) is 6.92 Å². The first-order valence-electron chi connectivity index (χ1n) is 4.24. The minimum absolute atomic E-state index is 1.07. The van der Waals surface area contributed by atoms with Crippen molar-refractivity contribution in [3.8, 4) is 0 Å². The van der Waals surface area contributed by atoms with Gasteiger partial charge in [-0.2, -0.15) is 0 Å². The zero-order valence-corrected chi connectivity index (χ0v) is 13.0. The minimum atomic E-state index is -1.07. The van der Waals surface area contributed by atoms with E-state index in [-0.39, 0.29) is 0 Å². The standard InChI is InChI=1S/C8H17.2ClH.In.H/c1-3-5-7-8-6-4-2;;;;/h1,3-8H2,2H3;2*1H;;/q;;;+2;/p-2. The van der Waals surface area contributed by atoms with Crippen molar-refractivity contribution >= 4 is 37.7 Å². The van der Waals surface area contributed by atoms with E-state index in [4.69, 9.17) is 17.2 Å². The van der Waals surface area contributed by atoms with Crippen LogP contribution in [0.2, 0.25) is 0 Å². The van der Waals surface area contributed by atoms with Gasteiger partial charge in [-0.15, -0.1) is 0 Å². The molecule has 0 fully saturated rings. The summed E-state index contributed by atoms with van der Waals surface area (Å²) in [4.78, 5) is 0. The number of hydrogen-bond acceptors (Lipinski definition) is 0. The van der Waals surface area contributed by atoms with E-state index in [9.17, 15) is 0 Å². The molecule has 0 spiro atoms. The number of halogens is 2. The van der Waals surface area contributed by atoms with Crippen molar-refractivity contribution in [1.29, 1.82) is 0 Å². The Labute approximate surface area is 89.5 Å². The average molecular weight is 300 g/mol. The third-order valence-corrected chi connectivity index (χ3v) is 1.35. The molecule has 0 amide bonds. The maximum atomic E-state index is 4.97. The Morgan fingerprint density at radius 3 is 1.91 bits per heavy atom. The Morgan fingerprint density at radius 2 is 1.55 bits per heavy atom. The zero-order chi connectivity index (χ0) is 8.95. The van der Waals surface area contributed by atoms with E-state index in [1.165, 1.54) is 32.1 Å². The van der Waals surface area contributed by atoms with Crippen LogP contribution in [0.1, 0.15) is 45.4 Å². The van der Waals surface area contributed by atoms with Crippen molar-refractivity contribution in [2.75, 3.05) is 0 Å². The monoisotopic (exact) mass is 299 g/mol. The first-order valence-corrected chi connectivity index (χ1v) is 14.5. The second-order valence-electron chi connectivity index (χ2n) is 2.37. The summed E-state index contributed by atoms with van der Waals surface area (Å²) in [6.45, 7) is 6.02. The Bertz CT molecular complexity index is 45.4. The van der Waals surface area contributed by atoms with Crippen molar-refractivity contribution in [1.82, 2.24) is 0 Å². The van der Waals surface area contributed by atoms with Gasteiger partial charge in [0.15, 0.2) is 0 Å². The van der Waals surface area contributed by atoms with Gasteiger partial charge >= 0.3 is 37.7 Å². The van der Waals surface area contributed by atoms with Gasteiger partial charge in [0.05, 0.1) is 0 Å².